The number of hydrogen-bond donors (Lipinski definition) is 3. The number of benzene rings is 1. The van der Waals surface area contributed by atoms with E-state index in [-0.39, 0.29) is 6.61 Å². The second-order valence-corrected chi connectivity index (χ2v) is 9.87. The fourth-order valence-corrected chi connectivity index (χ4v) is 4.95. The third kappa shape index (κ3) is 6.12. The maximum atomic E-state index is 11.0. The van der Waals surface area contributed by atoms with Crippen LogP contribution in [0.4, 0.5) is 0 Å². The molecule has 2 aliphatic carbocycles. The Hall–Kier alpha value is -0.750. The standard InChI is InChI=1S/C21H34NO5P/c1-2-3-10-26-14-16-4-5-18-12-19(7-6-17(18)11-16)20-8-9-21(22,13-20)15-27-28(23,24)25/h6-7,12,16,20H,2-5,8-11,13-15,22H2,1H3,(H2,23,24,25)/t16-,20+,21-/m1/s1. The molecule has 1 aromatic carbocycles. The van der Waals surface area contributed by atoms with Gasteiger partial charge >= 0.3 is 7.82 Å². The van der Waals surface area contributed by atoms with Gasteiger partial charge in [0, 0.05) is 18.8 Å². The van der Waals surface area contributed by atoms with Crippen molar-refractivity contribution in [3.63, 3.8) is 0 Å². The van der Waals surface area contributed by atoms with Gasteiger partial charge < -0.3 is 20.3 Å². The molecule has 4 N–H and O–H groups in total. The normalized spacial score (nSPS) is 27.7. The fraction of sp³-hybridized carbons (Fsp3) is 0.714. The smallest absolute Gasteiger partial charge is 0.381 e. The van der Waals surface area contributed by atoms with Crippen LogP contribution < -0.4 is 5.73 Å². The zero-order valence-corrected chi connectivity index (χ0v) is 17.7. The van der Waals surface area contributed by atoms with Gasteiger partial charge in [0.1, 0.15) is 0 Å². The van der Waals surface area contributed by atoms with E-state index in [4.69, 9.17) is 20.3 Å². The average Bonchev–Trinajstić information content (AvgIpc) is 3.05. The van der Waals surface area contributed by atoms with Gasteiger partial charge in [-0.05, 0) is 73.5 Å². The van der Waals surface area contributed by atoms with E-state index < -0.39 is 13.4 Å². The van der Waals surface area contributed by atoms with Crippen LogP contribution in [-0.2, 0) is 26.7 Å². The van der Waals surface area contributed by atoms with Crippen molar-refractivity contribution in [3.8, 4) is 0 Å². The van der Waals surface area contributed by atoms with E-state index in [1.807, 2.05) is 0 Å². The van der Waals surface area contributed by atoms with E-state index in [0.717, 1.165) is 38.9 Å². The highest BCUT2D eigenvalue weighted by atomic mass is 31.2. The molecule has 3 rings (SSSR count). The van der Waals surface area contributed by atoms with Crippen molar-refractivity contribution < 1.29 is 23.6 Å². The first-order valence-electron chi connectivity index (χ1n) is 10.5. The Bertz CT molecular complexity index is 706. The largest absolute Gasteiger partial charge is 0.469 e. The van der Waals surface area contributed by atoms with Crippen LogP contribution in [0.1, 0.15) is 68.1 Å². The minimum atomic E-state index is -4.48. The van der Waals surface area contributed by atoms with E-state index in [1.165, 1.54) is 29.5 Å². The van der Waals surface area contributed by atoms with Crippen molar-refractivity contribution in [1.82, 2.24) is 0 Å². The van der Waals surface area contributed by atoms with Crippen LogP contribution in [-0.4, -0.2) is 35.1 Å². The van der Waals surface area contributed by atoms with Crippen LogP contribution >= 0.6 is 7.82 Å². The van der Waals surface area contributed by atoms with E-state index in [0.29, 0.717) is 24.7 Å². The quantitative estimate of drug-likeness (QED) is 0.423. The van der Waals surface area contributed by atoms with Crippen molar-refractivity contribution in [3.05, 3.63) is 34.9 Å². The monoisotopic (exact) mass is 411 g/mol. The molecule has 3 atom stereocenters. The van der Waals surface area contributed by atoms with E-state index >= 15 is 0 Å². The third-order valence-corrected chi connectivity index (χ3v) is 6.66. The van der Waals surface area contributed by atoms with Gasteiger partial charge in [-0.3, -0.25) is 4.52 Å². The lowest BCUT2D eigenvalue weighted by atomic mass is 9.82. The predicted molar refractivity (Wildman–Crippen MR) is 109 cm³/mol. The molecule has 0 bridgehead atoms. The molecule has 1 fully saturated rings. The molecule has 0 spiro atoms. The van der Waals surface area contributed by atoms with Crippen molar-refractivity contribution in [2.75, 3.05) is 19.8 Å². The molecular formula is C21H34NO5P. The Morgan fingerprint density at radius 2 is 2.11 bits per heavy atom. The number of hydrogen-bond acceptors (Lipinski definition) is 4. The summed E-state index contributed by atoms with van der Waals surface area (Å²) in [6, 6.07) is 6.79. The highest BCUT2D eigenvalue weighted by molar-refractivity contribution is 7.46. The summed E-state index contributed by atoms with van der Waals surface area (Å²) < 4.78 is 21.5. The Labute approximate surface area is 168 Å². The Morgan fingerprint density at radius 1 is 1.29 bits per heavy atom. The number of nitrogens with two attached hydrogens (primary N) is 1. The maximum absolute atomic E-state index is 11.0. The van der Waals surface area contributed by atoms with Gasteiger partial charge in [-0.25, -0.2) is 4.57 Å². The summed E-state index contributed by atoms with van der Waals surface area (Å²) in [6.07, 6.45) is 7.99. The van der Waals surface area contributed by atoms with Crippen molar-refractivity contribution >= 4 is 7.82 Å². The minimum Gasteiger partial charge on any atom is -0.381 e. The van der Waals surface area contributed by atoms with Gasteiger partial charge in [-0.2, -0.15) is 0 Å². The van der Waals surface area contributed by atoms with Gasteiger partial charge in [0.25, 0.3) is 0 Å². The first kappa shape index (κ1) is 21.9. The summed E-state index contributed by atoms with van der Waals surface area (Å²) in [5.41, 5.74) is 9.83. The van der Waals surface area contributed by atoms with Gasteiger partial charge in [0.05, 0.1) is 6.61 Å². The molecule has 6 nitrogen and oxygen atoms in total. The molecule has 158 valence electrons. The zero-order valence-electron chi connectivity index (χ0n) is 16.8. The first-order valence-corrected chi connectivity index (χ1v) is 12.0. The molecule has 2 aliphatic rings. The number of ether oxygens (including phenoxy) is 1. The molecule has 28 heavy (non-hydrogen) atoms. The average molecular weight is 411 g/mol. The fourth-order valence-electron chi connectivity index (χ4n) is 4.53. The molecule has 7 heteroatoms. The second kappa shape index (κ2) is 9.38. The number of unbranched alkanes of at least 4 members (excludes halogenated alkanes) is 1. The lowest BCUT2D eigenvalue weighted by Gasteiger charge is -2.26. The lowest BCUT2D eigenvalue weighted by molar-refractivity contribution is 0.0921. The zero-order chi connectivity index (χ0) is 20.2. The topological polar surface area (TPSA) is 102 Å². The molecule has 0 unspecified atom stereocenters. The van der Waals surface area contributed by atoms with E-state index in [1.54, 1.807) is 0 Å². The number of rotatable bonds is 9. The summed E-state index contributed by atoms with van der Waals surface area (Å²) in [5, 5.41) is 0. The molecule has 0 heterocycles. The van der Waals surface area contributed by atoms with E-state index in [9.17, 15) is 4.57 Å². The first-order chi connectivity index (χ1) is 13.3. The van der Waals surface area contributed by atoms with Crippen molar-refractivity contribution in [2.24, 2.45) is 11.7 Å². The molecular weight excluding hydrogens is 377 g/mol. The van der Waals surface area contributed by atoms with Gasteiger partial charge in [-0.15, -0.1) is 0 Å². The van der Waals surface area contributed by atoms with Crippen LogP contribution in [0.2, 0.25) is 0 Å². The molecule has 0 aliphatic heterocycles. The number of phosphoric acid groups is 1. The van der Waals surface area contributed by atoms with Crippen LogP contribution in [0.5, 0.6) is 0 Å². The Morgan fingerprint density at radius 3 is 2.86 bits per heavy atom. The molecule has 0 aromatic heterocycles. The maximum Gasteiger partial charge on any atom is 0.469 e. The summed E-state index contributed by atoms with van der Waals surface area (Å²) in [5.74, 6) is 0.939. The summed E-state index contributed by atoms with van der Waals surface area (Å²) in [4.78, 5) is 17.9. The predicted octanol–water partition coefficient (Wildman–Crippen LogP) is 3.68. The summed E-state index contributed by atoms with van der Waals surface area (Å²) in [6.45, 7) is 3.81. The van der Waals surface area contributed by atoms with Gasteiger partial charge in [0.2, 0.25) is 0 Å². The number of phosphoric ester groups is 1. The van der Waals surface area contributed by atoms with Crippen LogP contribution in [0.25, 0.3) is 0 Å². The number of fused-ring (bicyclic) bond motifs is 1. The Kier molecular flexibility index (Phi) is 7.35. The molecule has 0 amide bonds. The van der Waals surface area contributed by atoms with Crippen LogP contribution in [0.3, 0.4) is 0 Å². The molecule has 1 saturated carbocycles. The summed E-state index contributed by atoms with van der Waals surface area (Å²) in [7, 11) is -4.48. The van der Waals surface area contributed by atoms with Crippen LogP contribution in [0.15, 0.2) is 18.2 Å². The molecule has 0 saturated heterocycles. The lowest BCUT2D eigenvalue weighted by Crippen LogP contribution is -2.41. The minimum absolute atomic E-state index is 0.0988. The van der Waals surface area contributed by atoms with Crippen LogP contribution in [0, 0.1) is 5.92 Å². The highest BCUT2D eigenvalue weighted by Crippen LogP contribution is 2.44. The SMILES string of the molecule is CCCCOC[C@@H]1CCc2cc([C@H]3CC[C@](N)(COP(=O)(O)O)C3)ccc2C1. The van der Waals surface area contributed by atoms with Gasteiger partial charge in [-0.1, -0.05) is 31.5 Å². The van der Waals surface area contributed by atoms with Gasteiger partial charge in [0.15, 0.2) is 0 Å². The summed E-state index contributed by atoms with van der Waals surface area (Å²) >= 11 is 0. The number of aryl methyl sites for hydroxylation is 1. The van der Waals surface area contributed by atoms with E-state index in [2.05, 4.69) is 29.6 Å². The van der Waals surface area contributed by atoms with Crippen molar-refractivity contribution in [2.45, 2.75) is 69.7 Å². The molecule has 1 aromatic rings. The third-order valence-electron chi connectivity index (χ3n) is 6.19. The Balaban J connectivity index is 1.56. The highest BCUT2D eigenvalue weighted by Gasteiger charge is 2.38. The second-order valence-electron chi connectivity index (χ2n) is 8.63. The van der Waals surface area contributed by atoms with Crippen molar-refractivity contribution in [1.29, 1.82) is 0 Å². The molecule has 0 radical (unpaired) electrons.